The Morgan fingerprint density at radius 1 is 1.06 bits per heavy atom. The molecule has 0 heterocycles. The van der Waals surface area contributed by atoms with Gasteiger partial charge in [-0.25, -0.2) is 0 Å². The van der Waals surface area contributed by atoms with Gasteiger partial charge in [0.15, 0.2) is 0 Å². The van der Waals surface area contributed by atoms with Gasteiger partial charge in [0, 0.05) is 20.3 Å². The number of methoxy groups -OCH3 is 2. The van der Waals surface area contributed by atoms with Crippen molar-refractivity contribution in [2.75, 3.05) is 14.2 Å². The minimum absolute atomic E-state index is 0.260. The van der Waals surface area contributed by atoms with Crippen LogP contribution in [0.5, 0.6) is 0 Å². The van der Waals surface area contributed by atoms with Crippen molar-refractivity contribution in [3.05, 3.63) is 0 Å². The average Bonchev–Trinajstić information content (AvgIpc) is 2.97. The van der Waals surface area contributed by atoms with Crippen LogP contribution in [0.25, 0.3) is 0 Å². The molecule has 2 bridgehead atoms. The number of fused-ring (bicyclic) bond motifs is 3. The van der Waals surface area contributed by atoms with Crippen LogP contribution in [0.3, 0.4) is 0 Å². The first-order valence-corrected chi connectivity index (χ1v) is 6.52. The summed E-state index contributed by atoms with van der Waals surface area (Å²) in [4.78, 5) is 0. The molecule has 1 spiro atoms. The molecule has 16 heavy (non-hydrogen) atoms. The minimum Gasteiger partial charge on any atom is -0.379 e. The molecule has 3 aliphatic carbocycles. The molecule has 92 valence electrons. The number of ether oxygens (including phenoxy) is 2. The topological polar surface area (TPSA) is 44.5 Å². The first kappa shape index (κ1) is 11.0. The fourth-order valence-electron chi connectivity index (χ4n) is 4.78. The van der Waals surface area contributed by atoms with Gasteiger partial charge in [-0.2, -0.15) is 0 Å². The summed E-state index contributed by atoms with van der Waals surface area (Å²) < 4.78 is 11.2. The third-order valence-corrected chi connectivity index (χ3v) is 5.64. The first-order chi connectivity index (χ1) is 7.71. The highest BCUT2D eigenvalue weighted by atomic mass is 16.5. The molecule has 5 atom stereocenters. The molecule has 0 aromatic rings. The Bertz CT molecular complexity index is 265. The highest BCUT2D eigenvalue weighted by molar-refractivity contribution is 5.13. The monoisotopic (exact) mass is 225 g/mol. The van der Waals surface area contributed by atoms with Gasteiger partial charge in [0.1, 0.15) is 0 Å². The van der Waals surface area contributed by atoms with Gasteiger partial charge >= 0.3 is 0 Å². The van der Waals surface area contributed by atoms with Crippen molar-refractivity contribution < 1.29 is 9.47 Å². The van der Waals surface area contributed by atoms with E-state index >= 15 is 0 Å². The van der Waals surface area contributed by atoms with Crippen LogP contribution >= 0.6 is 0 Å². The summed E-state index contributed by atoms with van der Waals surface area (Å²) >= 11 is 0. The number of hydrogen-bond acceptors (Lipinski definition) is 3. The van der Waals surface area contributed by atoms with Crippen LogP contribution in [0, 0.1) is 17.3 Å². The SMILES string of the molecule is CO[C@@H]1CC2(C[C@H]1OC)[C@@H]1CC[C@@H](C1)[C@@H]2N. The number of nitrogens with two attached hydrogens (primary N) is 1. The van der Waals surface area contributed by atoms with E-state index in [0.29, 0.717) is 11.5 Å². The van der Waals surface area contributed by atoms with Crippen molar-refractivity contribution in [1.29, 1.82) is 0 Å². The Hall–Kier alpha value is -0.120. The molecule has 3 nitrogen and oxygen atoms in total. The maximum absolute atomic E-state index is 6.48. The van der Waals surface area contributed by atoms with Gasteiger partial charge in [-0.15, -0.1) is 0 Å². The number of hydrogen-bond donors (Lipinski definition) is 1. The van der Waals surface area contributed by atoms with Crippen molar-refractivity contribution in [3.63, 3.8) is 0 Å². The number of rotatable bonds is 2. The maximum atomic E-state index is 6.48. The van der Waals surface area contributed by atoms with E-state index in [-0.39, 0.29) is 12.2 Å². The quantitative estimate of drug-likeness (QED) is 0.775. The van der Waals surface area contributed by atoms with Crippen molar-refractivity contribution >= 4 is 0 Å². The Morgan fingerprint density at radius 3 is 2.12 bits per heavy atom. The van der Waals surface area contributed by atoms with E-state index in [1.807, 2.05) is 0 Å². The summed E-state index contributed by atoms with van der Waals surface area (Å²) in [6.07, 6.45) is 6.84. The Labute approximate surface area is 97.7 Å². The Kier molecular flexibility index (Phi) is 2.54. The van der Waals surface area contributed by atoms with E-state index in [9.17, 15) is 0 Å². The van der Waals surface area contributed by atoms with Crippen molar-refractivity contribution in [3.8, 4) is 0 Å². The zero-order chi connectivity index (χ0) is 11.3. The standard InChI is InChI=1S/C13H23NO2/c1-15-10-6-13(7-11(10)16-2)9-4-3-8(5-9)12(13)14/h8-12H,3-7,14H2,1-2H3/t8-,9+,10+,11+,12-/m0/s1. The molecule has 3 heteroatoms. The fraction of sp³-hybridized carbons (Fsp3) is 1.00. The second kappa shape index (κ2) is 3.69. The third-order valence-electron chi connectivity index (χ3n) is 5.64. The molecule has 0 aromatic carbocycles. The third kappa shape index (κ3) is 1.25. The summed E-state index contributed by atoms with van der Waals surface area (Å²) in [5, 5.41) is 0. The second-order valence-corrected chi connectivity index (χ2v) is 5.99. The van der Waals surface area contributed by atoms with Crippen molar-refractivity contribution in [2.45, 2.75) is 50.4 Å². The largest absolute Gasteiger partial charge is 0.379 e. The molecule has 3 fully saturated rings. The van der Waals surface area contributed by atoms with Crippen LogP contribution < -0.4 is 5.73 Å². The Balaban J connectivity index is 1.85. The van der Waals surface area contributed by atoms with E-state index in [4.69, 9.17) is 15.2 Å². The van der Waals surface area contributed by atoms with E-state index in [1.54, 1.807) is 14.2 Å². The molecule has 0 radical (unpaired) electrons. The maximum Gasteiger partial charge on any atom is 0.0838 e. The van der Waals surface area contributed by atoms with Gasteiger partial charge in [-0.1, -0.05) is 0 Å². The molecule has 3 rings (SSSR count). The molecule has 2 N–H and O–H groups in total. The predicted molar refractivity (Wildman–Crippen MR) is 62.1 cm³/mol. The summed E-state index contributed by atoms with van der Waals surface area (Å²) in [6, 6.07) is 0.393. The van der Waals surface area contributed by atoms with Gasteiger partial charge in [0.05, 0.1) is 12.2 Å². The lowest BCUT2D eigenvalue weighted by Gasteiger charge is -2.39. The van der Waals surface area contributed by atoms with Gasteiger partial charge in [0.2, 0.25) is 0 Å². The van der Waals surface area contributed by atoms with Gasteiger partial charge in [-0.3, -0.25) is 0 Å². The van der Waals surface area contributed by atoms with Crippen LogP contribution in [0.4, 0.5) is 0 Å². The van der Waals surface area contributed by atoms with E-state index in [2.05, 4.69) is 0 Å². The molecule has 0 unspecified atom stereocenters. The molecule has 3 saturated carbocycles. The molecule has 0 aliphatic heterocycles. The van der Waals surface area contributed by atoms with Crippen LogP contribution in [-0.4, -0.2) is 32.5 Å². The lowest BCUT2D eigenvalue weighted by atomic mass is 9.69. The lowest BCUT2D eigenvalue weighted by Crippen LogP contribution is -2.45. The van der Waals surface area contributed by atoms with Crippen LogP contribution in [-0.2, 0) is 9.47 Å². The fourth-order valence-corrected chi connectivity index (χ4v) is 4.78. The van der Waals surface area contributed by atoms with E-state index < -0.39 is 0 Å². The smallest absolute Gasteiger partial charge is 0.0838 e. The summed E-state index contributed by atoms with van der Waals surface area (Å²) in [6.45, 7) is 0. The zero-order valence-corrected chi connectivity index (χ0v) is 10.3. The summed E-state index contributed by atoms with van der Waals surface area (Å²) in [5.41, 5.74) is 6.82. The van der Waals surface area contributed by atoms with Gasteiger partial charge < -0.3 is 15.2 Å². The van der Waals surface area contributed by atoms with E-state index in [1.165, 1.54) is 19.3 Å². The predicted octanol–water partition coefficient (Wildman–Crippen LogP) is 1.55. The highest BCUT2D eigenvalue weighted by Crippen LogP contribution is 2.62. The van der Waals surface area contributed by atoms with E-state index in [0.717, 1.165) is 24.7 Å². The molecule has 0 amide bonds. The Morgan fingerprint density at radius 2 is 1.69 bits per heavy atom. The minimum atomic E-state index is 0.260. The summed E-state index contributed by atoms with van der Waals surface area (Å²) in [5.74, 6) is 1.61. The van der Waals surface area contributed by atoms with Gasteiger partial charge in [-0.05, 0) is 49.4 Å². The van der Waals surface area contributed by atoms with Crippen molar-refractivity contribution in [2.24, 2.45) is 23.0 Å². The molecule has 3 aliphatic rings. The van der Waals surface area contributed by atoms with Crippen LogP contribution in [0.1, 0.15) is 32.1 Å². The lowest BCUT2D eigenvalue weighted by molar-refractivity contribution is -0.0157. The highest BCUT2D eigenvalue weighted by Gasteiger charge is 2.61. The van der Waals surface area contributed by atoms with Crippen LogP contribution in [0.15, 0.2) is 0 Å². The normalized spacial score (nSPS) is 49.3. The zero-order valence-electron chi connectivity index (χ0n) is 10.3. The molecule has 0 saturated heterocycles. The molecule has 0 aromatic heterocycles. The summed E-state index contributed by atoms with van der Waals surface area (Å²) in [7, 11) is 3.60. The second-order valence-electron chi connectivity index (χ2n) is 5.99. The van der Waals surface area contributed by atoms with Gasteiger partial charge in [0.25, 0.3) is 0 Å². The van der Waals surface area contributed by atoms with Crippen LogP contribution in [0.2, 0.25) is 0 Å². The molecular weight excluding hydrogens is 202 g/mol. The average molecular weight is 225 g/mol. The first-order valence-electron chi connectivity index (χ1n) is 6.52. The molecular formula is C13H23NO2. The van der Waals surface area contributed by atoms with Crippen molar-refractivity contribution in [1.82, 2.24) is 0 Å².